The number of imide groups is 1. The van der Waals surface area contributed by atoms with Gasteiger partial charge in [-0.05, 0) is 12.7 Å². The van der Waals surface area contributed by atoms with Crippen LogP contribution < -0.4 is 0 Å². The molecule has 1 aliphatic heterocycles. The van der Waals surface area contributed by atoms with Crippen LogP contribution in [0.5, 0.6) is 0 Å². The van der Waals surface area contributed by atoms with Crippen molar-refractivity contribution in [3.63, 3.8) is 0 Å². The van der Waals surface area contributed by atoms with Crippen molar-refractivity contribution in [1.82, 2.24) is 5.06 Å². The van der Waals surface area contributed by atoms with E-state index in [4.69, 9.17) is 4.55 Å². The fraction of sp³-hybridized carbons (Fsp3) is 0.700. The first-order valence-electron chi connectivity index (χ1n) is 5.73. The van der Waals surface area contributed by atoms with E-state index >= 15 is 0 Å². The molecule has 2 unspecified atom stereocenters. The number of carbonyl (C=O) groups is 3. The van der Waals surface area contributed by atoms with Gasteiger partial charge in [-0.15, -0.1) is 5.06 Å². The molecule has 0 aliphatic carbocycles. The Balaban J connectivity index is 2.84. The van der Waals surface area contributed by atoms with Crippen LogP contribution in [0.15, 0.2) is 0 Å². The third-order valence-corrected chi connectivity index (χ3v) is 4.86. The van der Waals surface area contributed by atoms with Gasteiger partial charge in [0.15, 0.2) is 5.25 Å². The van der Waals surface area contributed by atoms with Crippen molar-refractivity contribution in [2.75, 3.05) is 6.26 Å². The third kappa shape index (κ3) is 4.18. The van der Waals surface area contributed by atoms with E-state index in [9.17, 15) is 22.8 Å². The second-order valence-corrected chi connectivity index (χ2v) is 7.15. The predicted molar refractivity (Wildman–Crippen MR) is 70.1 cm³/mol. The molecular formula is C10H15NO7S2. The maximum Gasteiger partial charge on any atom is 0.353 e. The van der Waals surface area contributed by atoms with Crippen molar-refractivity contribution in [2.24, 2.45) is 0 Å². The Morgan fingerprint density at radius 2 is 1.90 bits per heavy atom. The van der Waals surface area contributed by atoms with Crippen LogP contribution >= 0.6 is 11.8 Å². The molecule has 20 heavy (non-hydrogen) atoms. The normalized spacial score (nSPS) is 19.1. The standard InChI is InChI=1S/C10H15NO7S2/c1-6(19-2)5-7(20(15,16)17)10(14)18-11-8(12)3-4-9(11)13/h6-7H,3-5H2,1-2H3,(H,15,16,17). The van der Waals surface area contributed by atoms with E-state index < -0.39 is 33.2 Å². The van der Waals surface area contributed by atoms with Gasteiger partial charge in [-0.1, -0.05) is 6.92 Å². The number of amides is 2. The second kappa shape index (κ2) is 6.55. The topological polar surface area (TPSA) is 118 Å². The predicted octanol–water partition coefficient (Wildman–Crippen LogP) is -0.00840. The number of carbonyl (C=O) groups excluding carboxylic acids is 3. The lowest BCUT2D eigenvalue weighted by molar-refractivity contribution is -0.197. The van der Waals surface area contributed by atoms with E-state index in [0.717, 1.165) is 0 Å². The summed E-state index contributed by atoms with van der Waals surface area (Å²) in [4.78, 5) is 38.9. The average Bonchev–Trinajstić information content (AvgIpc) is 2.65. The van der Waals surface area contributed by atoms with Gasteiger partial charge in [-0.3, -0.25) is 14.1 Å². The van der Waals surface area contributed by atoms with Crippen molar-refractivity contribution in [2.45, 2.75) is 36.7 Å². The Labute approximate surface area is 120 Å². The van der Waals surface area contributed by atoms with Crippen LogP contribution in [0, 0.1) is 0 Å². The summed E-state index contributed by atoms with van der Waals surface area (Å²) < 4.78 is 31.5. The van der Waals surface area contributed by atoms with Crippen LogP contribution in [0.25, 0.3) is 0 Å². The molecule has 1 fully saturated rings. The largest absolute Gasteiger partial charge is 0.353 e. The van der Waals surface area contributed by atoms with Gasteiger partial charge in [0.2, 0.25) is 0 Å². The molecule has 114 valence electrons. The van der Waals surface area contributed by atoms with Crippen molar-refractivity contribution in [1.29, 1.82) is 0 Å². The highest BCUT2D eigenvalue weighted by molar-refractivity contribution is 7.99. The summed E-state index contributed by atoms with van der Waals surface area (Å²) in [7, 11) is -4.68. The minimum atomic E-state index is -4.68. The molecule has 1 N–H and O–H groups in total. The molecule has 0 radical (unpaired) electrons. The molecule has 1 saturated heterocycles. The summed E-state index contributed by atoms with van der Waals surface area (Å²) in [6, 6.07) is 0. The number of hydrogen-bond donors (Lipinski definition) is 1. The highest BCUT2D eigenvalue weighted by Gasteiger charge is 2.39. The molecule has 1 heterocycles. The van der Waals surface area contributed by atoms with E-state index in [1.54, 1.807) is 13.2 Å². The lowest BCUT2D eigenvalue weighted by Gasteiger charge is -2.19. The molecule has 0 spiro atoms. The minimum absolute atomic E-state index is 0.0934. The maximum absolute atomic E-state index is 11.8. The number of thioether (sulfide) groups is 1. The van der Waals surface area contributed by atoms with Gasteiger partial charge >= 0.3 is 5.97 Å². The minimum Gasteiger partial charge on any atom is -0.329 e. The fourth-order valence-corrected chi connectivity index (χ4v) is 2.87. The van der Waals surface area contributed by atoms with Crippen molar-refractivity contribution < 1.29 is 32.2 Å². The summed E-state index contributed by atoms with van der Waals surface area (Å²) in [6.07, 6.45) is 1.34. The Kier molecular flexibility index (Phi) is 5.54. The van der Waals surface area contributed by atoms with E-state index in [1.165, 1.54) is 11.8 Å². The van der Waals surface area contributed by atoms with E-state index in [-0.39, 0.29) is 29.6 Å². The second-order valence-electron chi connectivity index (χ2n) is 4.28. The van der Waals surface area contributed by atoms with Gasteiger partial charge in [0, 0.05) is 18.1 Å². The molecule has 1 rings (SSSR count). The summed E-state index contributed by atoms with van der Waals surface area (Å²) in [5.74, 6) is -2.76. The Morgan fingerprint density at radius 1 is 1.40 bits per heavy atom. The Hall–Kier alpha value is -1.13. The SMILES string of the molecule is CSC(C)CC(C(=O)ON1C(=O)CCC1=O)S(=O)(=O)O. The zero-order valence-corrected chi connectivity index (χ0v) is 12.6. The molecule has 1 aliphatic rings. The smallest absolute Gasteiger partial charge is 0.329 e. The Bertz CT molecular complexity index is 500. The number of nitrogens with zero attached hydrogens (tertiary/aromatic N) is 1. The van der Waals surface area contributed by atoms with Crippen LogP contribution in [0.4, 0.5) is 0 Å². The fourth-order valence-electron chi connectivity index (χ4n) is 1.54. The number of hydroxylamine groups is 2. The summed E-state index contributed by atoms with van der Waals surface area (Å²) >= 11 is 1.30. The highest BCUT2D eigenvalue weighted by atomic mass is 32.2. The molecule has 0 aromatic rings. The van der Waals surface area contributed by atoms with Crippen LogP contribution in [-0.2, 0) is 29.3 Å². The summed E-state index contributed by atoms with van der Waals surface area (Å²) in [5.41, 5.74) is 0. The van der Waals surface area contributed by atoms with Crippen molar-refractivity contribution in [3.8, 4) is 0 Å². The highest BCUT2D eigenvalue weighted by Crippen LogP contribution is 2.20. The molecule has 2 atom stereocenters. The Morgan fingerprint density at radius 3 is 2.30 bits per heavy atom. The van der Waals surface area contributed by atoms with Gasteiger partial charge in [0.05, 0.1) is 0 Å². The first kappa shape index (κ1) is 16.9. The van der Waals surface area contributed by atoms with Crippen LogP contribution in [0.2, 0.25) is 0 Å². The monoisotopic (exact) mass is 325 g/mol. The van der Waals surface area contributed by atoms with Crippen LogP contribution in [-0.4, -0.2) is 52.6 Å². The zero-order chi connectivity index (χ0) is 15.5. The molecular weight excluding hydrogens is 310 g/mol. The van der Waals surface area contributed by atoms with Gasteiger partial charge in [-0.25, -0.2) is 4.79 Å². The van der Waals surface area contributed by atoms with E-state index in [2.05, 4.69) is 4.84 Å². The molecule has 0 bridgehead atoms. The molecule has 2 amide bonds. The van der Waals surface area contributed by atoms with Crippen LogP contribution in [0.3, 0.4) is 0 Å². The van der Waals surface area contributed by atoms with E-state index in [0.29, 0.717) is 0 Å². The zero-order valence-electron chi connectivity index (χ0n) is 10.9. The third-order valence-electron chi connectivity index (χ3n) is 2.76. The first-order chi connectivity index (χ1) is 9.16. The molecule has 8 nitrogen and oxygen atoms in total. The maximum atomic E-state index is 11.8. The summed E-state index contributed by atoms with van der Waals surface area (Å²) in [6.45, 7) is 1.67. The lowest BCUT2D eigenvalue weighted by atomic mass is 10.2. The van der Waals surface area contributed by atoms with Gasteiger partial charge in [0.25, 0.3) is 21.9 Å². The van der Waals surface area contributed by atoms with Gasteiger partial charge in [0.1, 0.15) is 0 Å². The van der Waals surface area contributed by atoms with Crippen LogP contribution in [0.1, 0.15) is 26.2 Å². The quantitative estimate of drug-likeness (QED) is 0.535. The summed E-state index contributed by atoms with van der Waals surface area (Å²) in [5, 5.41) is -1.81. The number of hydrogen-bond acceptors (Lipinski definition) is 7. The number of rotatable bonds is 6. The van der Waals surface area contributed by atoms with Gasteiger partial charge < -0.3 is 4.84 Å². The lowest BCUT2D eigenvalue weighted by Crippen LogP contribution is -2.40. The van der Waals surface area contributed by atoms with Crippen molar-refractivity contribution >= 4 is 39.7 Å². The molecule has 10 heteroatoms. The van der Waals surface area contributed by atoms with Crippen molar-refractivity contribution in [3.05, 3.63) is 0 Å². The average molecular weight is 325 g/mol. The van der Waals surface area contributed by atoms with Gasteiger partial charge in [-0.2, -0.15) is 20.2 Å². The molecule has 0 saturated carbocycles. The molecule has 0 aromatic carbocycles. The molecule has 0 aromatic heterocycles. The first-order valence-corrected chi connectivity index (χ1v) is 8.52. The van der Waals surface area contributed by atoms with E-state index in [1.807, 2.05) is 0 Å².